The fraction of sp³-hybridized carbons (Fsp3) is 0.500. The van der Waals surface area contributed by atoms with E-state index in [2.05, 4.69) is 9.97 Å². The molecule has 3 heterocycles. The third-order valence-electron chi connectivity index (χ3n) is 6.38. The first kappa shape index (κ1) is 29.5. The number of aromatic nitrogens is 2. The predicted octanol–water partition coefficient (Wildman–Crippen LogP) is 6.00. The fourth-order valence-corrected chi connectivity index (χ4v) is 3.81. The van der Waals surface area contributed by atoms with Crippen LogP contribution in [0.4, 0.5) is 19.8 Å². The highest BCUT2D eigenvalue weighted by atomic mass is 19.1. The van der Waals surface area contributed by atoms with Crippen LogP contribution in [0.5, 0.6) is 0 Å². The molecule has 2 amide bonds. The molecule has 0 radical (unpaired) electrons. The van der Waals surface area contributed by atoms with Gasteiger partial charge in [-0.2, -0.15) is 4.90 Å². The number of carbonyl (C=O) groups is 2. The van der Waals surface area contributed by atoms with E-state index in [1.165, 1.54) is 18.3 Å². The van der Waals surface area contributed by atoms with Crippen molar-refractivity contribution in [3.63, 3.8) is 0 Å². The minimum atomic E-state index is -1.03. The van der Waals surface area contributed by atoms with Gasteiger partial charge in [0.25, 0.3) is 0 Å². The van der Waals surface area contributed by atoms with Gasteiger partial charge in [0.05, 0.1) is 16.8 Å². The number of para-hydroxylation sites is 1. The zero-order valence-corrected chi connectivity index (χ0v) is 24.5. The zero-order chi connectivity index (χ0) is 29.8. The number of amides is 2. The summed E-state index contributed by atoms with van der Waals surface area (Å²) in [4.78, 5) is 36.3. The van der Waals surface area contributed by atoms with Crippen LogP contribution in [0.25, 0.3) is 22.6 Å². The van der Waals surface area contributed by atoms with Crippen LogP contribution in [-0.2, 0) is 18.8 Å². The van der Waals surface area contributed by atoms with Crippen molar-refractivity contribution in [1.82, 2.24) is 9.97 Å². The Morgan fingerprint density at radius 3 is 2.00 bits per heavy atom. The van der Waals surface area contributed by atoms with E-state index in [0.29, 0.717) is 10.4 Å². The summed E-state index contributed by atoms with van der Waals surface area (Å²) in [6, 6.07) is 5.87. The van der Waals surface area contributed by atoms with Gasteiger partial charge in [-0.25, -0.2) is 23.9 Å². The Morgan fingerprint density at radius 2 is 1.50 bits per heavy atom. The summed E-state index contributed by atoms with van der Waals surface area (Å²) in [5, 5.41) is 0. The van der Waals surface area contributed by atoms with Crippen molar-refractivity contribution >= 4 is 41.7 Å². The van der Waals surface area contributed by atoms with Gasteiger partial charge in [-0.05, 0) is 87.4 Å². The fourth-order valence-electron chi connectivity index (χ4n) is 3.81. The van der Waals surface area contributed by atoms with Crippen LogP contribution >= 0.6 is 0 Å². The number of pyridine rings is 1. The van der Waals surface area contributed by atoms with Crippen molar-refractivity contribution in [2.45, 2.75) is 91.6 Å². The molecule has 0 saturated carbocycles. The van der Waals surface area contributed by atoms with E-state index in [1.807, 2.05) is 27.7 Å². The molecule has 10 nitrogen and oxygen atoms in total. The summed E-state index contributed by atoms with van der Waals surface area (Å²) in [5.74, 6) is -0.867. The third kappa shape index (κ3) is 5.97. The molecule has 0 bridgehead atoms. The van der Waals surface area contributed by atoms with Gasteiger partial charge in [0.2, 0.25) is 5.89 Å². The maximum absolute atomic E-state index is 14.6. The monoisotopic (exact) mass is 555 g/mol. The molecule has 1 aliphatic rings. The molecule has 1 aliphatic heterocycles. The van der Waals surface area contributed by atoms with E-state index in [4.69, 9.17) is 23.2 Å². The number of ether oxygens (including phenoxy) is 2. The number of nitrogens with zero attached hydrogens (tertiary/aromatic N) is 3. The highest BCUT2D eigenvalue weighted by Crippen LogP contribution is 2.38. The molecule has 12 heteroatoms. The molecule has 2 aromatic heterocycles. The number of anilines is 1. The number of fused-ring (bicyclic) bond motifs is 1. The van der Waals surface area contributed by atoms with Gasteiger partial charge in [0, 0.05) is 11.7 Å². The number of carbonyl (C=O) groups excluding carboxylic acids is 2. The van der Waals surface area contributed by atoms with Crippen molar-refractivity contribution in [1.29, 1.82) is 0 Å². The molecule has 3 aromatic rings. The number of halogens is 1. The summed E-state index contributed by atoms with van der Waals surface area (Å²) in [6.07, 6.45) is -0.631. The van der Waals surface area contributed by atoms with Crippen LogP contribution < -0.4 is 10.4 Å². The van der Waals surface area contributed by atoms with E-state index in [1.54, 1.807) is 53.7 Å². The Bertz CT molecular complexity index is 1410. The van der Waals surface area contributed by atoms with E-state index in [0.717, 1.165) is 0 Å². The molecule has 0 aliphatic carbocycles. The van der Waals surface area contributed by atoms with Crippen LogP contribution in [0, 0.1) is 5.82 Å². The Kier molecular flexibility index (Phi) is 7.26. The molecule has 4 rings (SSSR count). The first-order valence-corrected chi connectivity index (χ1v) is 13.0. The van der Waals surface area contributed by atoms with Gasteiger partial charge in [-0.1, -0.05) is 6.07 Å². The van der Waals surface area contributed by atoms with E-state index in [-0.39, 0.29) is 28.4 Å². The summed E-state index contributed by atoms with van der Waals surface area (Å²) in [5.41, 5.74) is -2.46. The summed E-state index contributed by atoms with van der Waals surface area (Å²) in [7, 11) is -0.831. The summed E-state index contributed by atoms with van der Waals surface area (Å²) in [6.45, 7) is 17.6. The first-order chi connectivity index (χ1) is 18.3. The second-order valence-corrected chi connectivity index (χ2v) is 12.6. The number of hydrogen-bond donors (Lipinski definition) is 0. The summed E-state index contributed by atoms with van der Waals surface area (Å²) >= 11 is 0. The average Bonchev–Trinajstić information content (AvgIpc) is 3.30. The minimum Gasteiger partial charge on any atom is -0.443 e. The molecule has 214 valence electrons. The molecule has 0 N–H and O–H groups in total. The van der Waals surface area contributed by atoms with Crippen molar-refractivity contribution in [2.24, 2.45) is 0 Å². The molecule has 40 heavy (non-hydrogen) atoms. The van der Waals surface area contributed by atoms with E-state index < -0.39 is 47.5 Å². The Morgan fingerprint density at radius 1 is 0.950 bits per heavy atom. The lowest BCUT2D eigenvalue weighted by Crippen LogP contribution is -2.45. The molecule has 0 spiro atoms. The van der Waals surface area contributed by atoms with Crippen molar-refractivity contribution in [3.05, 3.63) is 36.3 Å². The highest BCUT2D eigenvalue weighted by molar-refractivity contribution is 6.62. The van der Waals surface area contributed by atoms with Crippen LogP contribution in [0.3, 0.4) is 0 Å². The number of rotatable bonds is 3. The quantitative estimate of drug-likeness (QED) is 0.359. The summed E-state index contributed by atoms with van der Waals surface area (Å²) < 4.78 is 43.9. The lowest BCUT2D eigenvalue weighted by Gasteiger charge is -2.32. The molecule has 1 saturated heterocycles. The zero-order valence-electron chi connectivity index (χ0n) is 24.5. The van der Waals surface area contributed by atoms with Gasteiger partial charge >= 0.3 is 19.3 Å². The predicted molar refractivity (Wildman–Crippen MR) is 148 cm³/mol. The van der Waals surface area contributed by atoms with Gasteiger partial charge in [0.1, 0.15) is 16.7 Å². The minimum absolute atomic E-state index is 0.0226. The second-order valence-electron chi connectivity index (χ2n) is 12.6. The number of imide groups is 1. The van der Waals surface area contributed by atoms with Crippen molar-refractivity contribution in [2.75, 3.05) is 4.90 Å². The van der Waals surface area contributed by atoms with Crippen LogP contribution in [0.15, 0.2) is 34.9 Å². The third-order valence-corrected chi connectivity index (χ3v) is 6.38. The van der Waals surface area contributed by atoms with E-state index in [9.17, 15) is 14.0 Å². The van der Waals surface area contributed by atoms with Gasteiger partial charge in [0.15, 0.2) is 17.2 Å². The molecular weight excluding hydrogens is 520 g/mol. The highest BCUT2D eigenvalue weighted by Gasteiger charge is 2.52. The smallest absolute Gasteiger partial charge is 0.443 e. The largest absolute Gasteiger partial charge is 0.496 e. The molecule has 1 fully saturated rings. The van der Waals surface area contributed by atoms with E-state index >= 15 is 0 Å². The Labute approximate surface area is 233 Å². The van der Waals surface area contributed by atoms with Crippen molar-refractivity contribution in [3.8, 4) is 11.5 Å². The van der Waals surface area contributed by atoms with Gasteiger partial charge in [-0.15, -0.1) is 0 Å². The van der Waals surface area contributed by atoms with Crippen LogP contribution in [0.2, 0.25) is 0 Å². The SMILES string of the molecule is CC(C)(C)OC(=O)N(C(=O)OC(C)(C)C)c1ncc(B2OC(C)(C)C(C)(C)O2)cc1-c1nc2c(F)cccc2o1. The first-order valence-electron chi connectivity index (χ1n) is 13.0. The van der Waals surface area contributed by atoms with Crippen molar-refractivity contribution < 1.29 is 37.2 Å². The number of oxazole rings is 1. The number of hydrogen-bond acceptors (Lipinski definition) is 9. The maximum Gasteiger partial charge on any atom is 0.496 e. The second kappa shape index (κ2) is 9.85. The maximum atomic E-state index is 14.6. The molecule has 1 aromatic carbocycles. The molecular formula is C28H35BFN3O7. The normalized spacial score (nSPS) is 16.7. The number of benzene rings is 1. The van der Waals surface area contributed by atoms with Crippen LogP contribution in [-0.4, -0.2) is 51.7 Å². The Hall–Kier alpha value is -3.51. The lowest BCUT2D eigenvalue weighted by atomic mass is 9.79. The van der Waals surface area contributed by atoms with Gasteiger partial charge < -0.3 is 23.2 Å². The van der Waals surface area contributed by atoms with Crippen LogP contribution in [0.1, 0.15) is 69.2 Å². The lowest BCUT2D eigenvalue weighted by molar-refractivity contribution is 0.00578. The Balaban J connectivity index is 1.92. The van der Waals surface area contributed by atoms with Gasteiger partial charge in [-0.3, -0.25) is 0 Å². The topological polar surface area (TPSA) is 113 Å². The molecule has 0 unspecified atom stereocenters. The standard InChI is InChI=1S/C28H35BFN3O7/c1-25(2,3)37-23(34)33(24(35)38-26(4,5)6)21-17(22-32-20-18(30)12-11-13-19(20)36-22)14-16(15-31-21)29-39-27(7,8)28(9,10)40-29/h11-15H,1-10H3. The average molecular weight is 555 g/mol. The molecule has 0 atom stereocenters.